The molecule has 0 radical (unpaired) electrons. The normalized spacial score (nSPS) is 19.0. The van der Waals surface area contributed by atoms with E-state index in [9.17, 15) is 4.79 Å². The molecule has 0 N–H and O–H groups in total. The van der Waals surface area contributed by atoms with Gasteiger partial charge < -0.3 is 9.64 Å². The summed E-state index contributed by atoms with van der Waals surface area (Å²) in [4.78, 5) is 15.1. The smallest absolute Gasteiger partial charge is 0.254 e. The Hall–Kier alpha value is -3.08. The quantitative estimate of drug-likeness (QED) is 0.638. The van der Waals surface area contributed by atoms with Crippen LogP contribution < -0.4 is 4.74 Å². The molecule has 2 aliphatic heterocycles. The van der Waals surface area contributed by atoms with Gasteiger partial charge in [0.05, 0.1) is 18.0 Å². The van der Waals surface area contributed by atoms with Gasteiger partial charge in [0.1, 0.15) is 5.75 Å². The van der Waals surface area contributed by atoms with Gasteiger partial charge in [-0.1, -0.05) is 24.3 Å². The molecular formula is C26H27N3O2. The van der Waals surface area contributed by atoms with E-state index in [1.54, 1.807) is 0 Å². The minimum Gasteiger partial charge on any atom is -0.493 e. The van der Waals surface area contributed by atoms with E-state index in [0.29, 0.717) is 12.5 Å². The Morgan fingerprint density at radius 3 is 2.71 bits per heavy atom. The third-order valence-electron chi connectivity index (χ3n) is 7.29. The molecule has 5 heteroatoms. The predicted molar refractivity (Wildman–Crippen MR) is 119 cm³/mol. The van der Waals surface area contributed by atoms with Gasteiger partial charge in [-0.2, -0.15) is 5.10 Å². The van der Waals surface area contributed by atoms with Gasteiger partial charge in [-0.05, 0) is 56.5 Å². The molecule has 1 saturated heterocycles. The van der Waals surface area contributed by atoms with Crippen LogP contribution in [0.3, 0.4) is 0 Å². The van der Waals surface area contributed by atoms with E-state index in [-0.39, 0.29) is 11.3 Å². The molecule has 5 nitrogen and oxygen atoms in total. The summed E-state index contributed by atoms with van der Waals surface area (Å²) >= 11 is 0. The van der Waals surface area contributed by atoms with Crippen LogP contribution in [-0.4, -0.2) is 40.3 Å². The molecule has 3 aromatic rings. The van der Waals surface area contributed by atoms with Gasteiger partial charge in [0, 0.05) is 47.7 Å². The van der Waals surface area contributed by atoms with Crippen LogP contribution in [-0.2, 0) is 6.42 Å². The lowest BCUT2D eigenvalue weighted by Gasteiger charge is -2.59. The minimum atomic E-state index is 0.164. The van der Waals surface area contributed by atoms with E-state index < -0.39 is 0 Å². The van der Waals surface area contributed by atoms with Crippen molar-refractivity contribution in [3.8, 4) is 11.4 Å². The molecule has 2 fully saturated rings. The third kappa shape index (κ3) is 2.90. The molecule has 1 amide bonds. The third-order valence-corrected chi connectivity index (χ3v) is 7.29. The fourth-order valence-electron chi connectivity index (χ4n) is 5.76. The summed E-state index contributed by atoms with van der Waals surface area (Å²) in [5.74, 6) is 1.55. The number of amides is 1. The lowest BCUT2D eigenvalue weighted by Crippen LogP contribution is -2.63. The molecule has 0 bridgehead atoms. The second-order valence-electron chi connectivity index (χ2n) is 9.56. The van der Waals surface area contributed by atoms with E-state index in [1.165, 1.54) is 11.3 Å². The first kappa shape index (κ1) is 18.7. The van der Waals surface area contributed by atoms with Crippen LogP contribution in [0.4, 0.5) is 0 Å². The SMILES string of the molecule is Cc1cc(C2CC3(C2)CN(C(=O)c2cccc4c2CCO4)C3)n(-c2ccccc2C)n1. The fraction of sp³-hybridized carbons (Fsp3) is 0.385. The Morgan fingerprint density at radius 2 is 1.90 bits per heavy atom. The zero-order chi connectivity index (χ0) is 21.2. The van der Waals surface area contributed by atoms with Gasteiger partial charge in [-0.3, -0.25) is 4.79 Å². The number of likely N-dealkylation sites (tertiary alicyclic amines) is 1. The van der Waals surface area contributed by atoms with Gasteiger partial charge >= 0.3 is 0 Å². The average molecular weight is 414 g/mol. The highest BCUT2D eigenvalue weighted by molar-refractivity contribution is 5.97. The second-order valence-corrected chi connectivity index (χ2v) is 9.56. The maximum absolute atomic E-state index is 13.1. The Balaban J connectivity index is 1.16. The highest BCUT2D eigenvalue weighted by Gasteiger charge is 2.54. The average Bonchev–Trinajstić information content (AvgIpc) is 3.32. The summed E-state index contributed by atoms with van der Waals surface area (Å²) in [6, 6.07) is 16.5. The van der Waals surface area contributed by atoms with Crippen molar-refractivity contribution in [1.29, 1.82) is 0 Å². The van der Waals surface area contributed by atoms with Crippen LogP contribution in [0.1, 0.15) is 51.6 Å². The van der Waals surface area contributed by atoms with Crippen molar-refractivity contribution in [3.63, 3.8) is 0 Å². The van der Waals surface area contributed by atoms with E-state index in [1.807, 2.05) is 23.1 Å². The van der Waals surface area contributed by atoms with Crippen molar-refractivity contribution in [2.45, 2.75) is 39.0 Å². The number of hydrogen-bond donors (Lipinski definition) is 0. The van der Waals surface area contributed by atoms with Crippen molar-refractivity contribution in [1.82, 2.24) is 14.7 Å². The first-order valence-electron chi connectivity index (χ1n) is 11.2. The number of carbonyl (C=O) groups excluding carboxylic acids is 1. The Morgan fingerprint density at radius 1 is 1.10 bits per heavy atom. The van der Waals surface area contributed by atoms with Gasteiger partial charge in [0.25, 0.3) is 5.91 Å². The van der Waals surface area contributed by atoms with E-state index in [2.05, 4.69) is 48.9 Å². The molecule has 6 rings (SSSR count). The van der Waals surface area contributed by atoms with Crippen molar-refractivity contribution in [2.75, 3.05) is 19.7 Å². The van der Waals surface area contributed by atoms with E-state index >= 15 is 0 Å². The number of fused-ring (bicyclic) bond motifs is 1. The minimum absolute atomic E-state index is 0.164. The zero-order valence-corrected chi connectivity index (χ0v) is 18.1. The second kappa shape index (κ2) is 6.71. The maximum atomic E-state index is 13.1. The molecule has 1 saturated carbocycles. The van der Waals surface area contributed by atoms with Crippen LogP contribution in [0.2, 0.25) is 0 Å². The number of aromatic nitrogens is 2. The predicted octanol–water partition coefficient (Wildman–Crippen LogP) is 4.44. The maximum Gasteiger partial charge on any atom is 0.254 e. The van der Waals surface area contributed by atoms with Crippen LogP contribution in [0.15, 0.2) is 48.5 Å². The molecule has 3 heterocycles. The largest absolute Gasteiger partial charge is 0.493 e. The standard InChI is InChI=1S/C26H27N3O2/c1-17-6-3-4-8-22(17)29-23(12-18(2)27-29)19-13-26(14-19)15-28(16-26)25(30)21-7-5-9-24-20(21)10-11-31-24/h3-9,12,19H,10-11,13-16H2,1-2H3. The molecule has 0 atom stereocenters. The lowest BCUT2D eigenvalue weighted by atomic mass is 9.56. The molecule has 31 heavy (non-hydrogen) atoms. The van der Waals surface area contributed by atoms with Crippen LogP contribution in [0.25, 0.3) is 5.69 Å². The molecule has 1 spiro atoms. The lowest BCUT2D eigenvalue weighted by molar-refractivity contribution is -0.0565. The number of nitrogens with zero attached hydrogens (tertiary/aromatic N) is 3. The summed E-state index contributed by atoms with van der Waals surface area (Å²) in [6.07, 6.45) is 3.09. The Kier molecular flexibility index (Phi) is 4.04. The summed E-state index contributed by atoms with van der Waals surface area (Å²) in [5.41, 5.74) is 6.96. The first-order valence-corrected chi connectivity index (χ1v) is 11.2. The fourth-order valence-corrected chi connectivity index (χ4v) is 5.76. The number of rotatable bonds is 3. The molecule has 1 aliphatic carbocycles. The van der Waals surface area contributed by atoms with Gasteiger partial charge in [-0.15, -0.1) is 0 Å². The highest BCUT2D eigenvalue weighted by Crippen LogP contribution is 2.56. The number of ether oxygens (including phenoxy) is 1. The van der Waals surface area contributed by atoms with E-state index in [0.717, 1.165) is 60.6 Å². The molecule has 3 aliphatic rings. The molecule has 158 valence electrons. The Labute approximate surface area is 182 Å². The molecule has 1 aromatic heterocycles. The van der Waals surface area contributed by atoms with Gasteiger partial charge in [0.15, 0.2) is 0 Å². The number of para-hydroxylation sites is 1. The van der Waals surface area contributed by atoms with Gasteiger partial charge in [0.2, 0.25) is 0 Å². The van der Waals surface area contributed by atoms with Crippen LogP contribution >= 0.6 is 0 Å². The van der Waals surface area contributed by atoms with Crippen molar-refractivity contribution in [2.24, 2.45) is 5.41 Å². The van der Waals surface area contributed by atoms with Crippen molar-refractivity contribution >= 4 is 5.91 Å². The monoisotopic (exact) mass is 413 g/mol. The topological polar surface area (TPSA) is 47.4 Å². The van der Waals surface area contributed by atoms with Gasteiger partial charge in [-0.25, -0.2) is 4.68 Å². The van der Waals surface area contributed by atoms with Crippen molar-refractivity contribution < 1.29 is 9.53 Å². The molecule has 2 aromatic carbocycles. The summed E-state index contributed by atoms with van der Waals surface area (Å²) in [7, 11) is 0. The molecular weight excluding hydrogens is 386 g/mol. The molecule has 0 unspecified atom stereocenters. The van der Waals surface area contributed by atoms with Crippen molar-refractivity contribution in [3.05, 3.63) is 76.6 Å². The first-order chi connectivity index (χ1) is 15.0. The number of benzene rings is 2. The summed E-state index contributed by atoms with van der Waals surface area (Å²) < 4.78 is 7.77. The zero-order valence-electron chi connectivity index (χ0n) is 18.1. The van der Waals surface area contributed by atoms with Crippen LogP contribution in [0.5, 0.6) is 5.75 Å². The Bertz CT molecular complexity index is 1180. The van der Waals surface area contributed by atoms with Crippen LogP contribution in [0, 0.1) is 19.3 Å². The number of carbonyl (C=O) groups is 1. The summed E-state index contributed by atoms with van der Waals surface area (Å²) in [6.45, 7) is 6.62. The summed E-state index contributed by atoms with van der Waals surface area (Å²) in [5, 5.41) is 4.79. The number of hydrogen-bond acceptors (Lipinski definition) is 3. The van der Waals surface area contributed by atoms with E-state index in [4.69, 9.17) is 9.84 Å². The highest BCUT2D eigenvalue weighted by atomic mass is 16.5. The number of aryl methyl sites for hydroxylation is 2.